The van der Waals surface area contributed by atoms with Crippen molar-refractivity contribution in [1.29, 1.82) is 0 Å². The van der Waals surface area contributed by atoms with Gasteiger partial charge in [-0.1, -0.05) is 41.9 Å². The summed E-state index contributed by atoms with van der Waals surface area (Å²) in [6.07, 6.45) is 6.67. The lowest BCUT2D eigenvalue weighted by atomic mass is 9.80. The van der Waals surface area contributed by atoms with Crippen molar-refractivity contribution in [3.05, 3.63) is 65.7 Å². The number of hydrogen-bond acceptors (Lipinski definition) is 7. The van der Waals surface area contributed by atoms with Crippen LogP contribution >= 0.6 is 0 Å². The molecule has 2 fully saturated rings. The lowest BCUT2D eigenvalue weighted by molar-refractivity contribution is 0.0770. The Morgan fingerprint density at radius 2 is 2.07 bits per heavy atom. The number of hydrogen-bond donors (Lipinski definition) is 1. The van der Waals surface area contributed by atoms with Crippen LogP contribution in [0.25, 0.3) is 0 Å². The normalized spacial score (nSPS) is 23.3. The molecule has 0 spiro atoms. The quantitative estimate of drug-likeness (QED) is 0.727. The number of nitrogens with two attached hydrogens (primary N) is 1. The summed E-state index contributed by atoms with van der Waals surface area (Å²) in [6.45, 7) is 1.19. The number of fused-ring (bicyclic) bond motifs is 1. The average Bonchev–Trinajstić information content (AvgIpc) is 3.43. The Labute approximate surface area is 168 Å². The minimum atomic E-state index is -0.283. The van der Waals surface area contributed by atoms with E-state index < -0.39 is 0 Å². The number of anilines is 1. The standard InChI is InChI=1S/C21H22N6O2/c22-18-17(23-9-10-24-18)19(28)27-12-15-7-4-8-21(15,13-27)20-25-16(26-29-20)11-14-5-2-1-3-6-14/h1-3,5-6,9-10,15H,4,7-8,11-13H2,(H2,22,24)/t15-,21-/m1/s1. The first-order valence-electron chi connectivity index (χ1n) is 9.88. The van der Waals surface area contributed by atoms with Crippen LogP contribution in [-0.4, -0.2) is 44.0 Å². The molecule has 2 N–H and O–H groups in total. The second-order valence-corrected chi connectivity index (χ2v) is 7.90. The van der Waals surface area contributed by atoms with Gasteiger partial charge in [0, 0.05) is 31.9 Å². The average molecular weight is 390 g/mol. The van der Waals surface area contributed by atoms with Gasteiger partial charge in [0.25, 0.3) is 5.91 Å². The van der Waals surface area contributed by atoms with Gasteiger partial charge in [-0.15, -0.1) is 0 Å². The highest BCUT2D eigenvalue weighted by Gasteiger charge is 2.55. The monoisotopic (exact) mass is 390 g/mol. The zero-order valence-corrected chi connectivity index (χ0v) is 16.0. The van der Waals surface area contributed by atoms with Gasteiger partial charge >= 0.3 is 0 Å². The van der Waals surface area contributed by atoms with Crippen molar-refractivity contribution in [1.82, 2.24) is 25.0 Å². The van der Waals surface area contributed by atoms with Crippen LogP contribution in [0.5, 0.6) is 0 Å². The molecule has 1 amide bonds. The molecule has 8 nitrogen and oxygen atoms in total. The highest BCUT2D eigenvalue weighted by molar-refractivity contribution is 5.96. The Kier molecular flexibility index (Phi) is 4.26. The molecule has 29 heavy (non-hydrogen) atoms. The van der Waals surface area contributed by atoms with Gasteiger partial charge in [-0.2, -0.15) is 4.98 Å². The number of carbonyl (C=O) groups excluding carboxylic acids is 1. The number of carbonyl (C=O) groups is 1. The van der Waals surface area contributed by atoms with E-state index >= 15 is 0 Å². The predicted octanol–water partition coefficient (Wildman–Crippen LogP) is 2.23. The van der Waals surface area contributed by atoms with Crippen LogP contribution in [0.3, 0.4) is 0 Å². The second kappa shape index (κ2) is 6.95. The van der Waals surface area contributed by atoms with E-state index in [9.17, 15) is 4.79 Å². The van der Waals surface area contributed by atoms with E-state index in [0.717, 1.165) is 24.8 Å². The molecule has 1 saturated carbocycles. The molecule has 1 aliphatic heterocycles. The molecule has 148 valence electrons. The molecule has 2 atom stereocenters. The Morgan fingerprint density at radius 3 is 2.90 bits per heavy atom. The molecule has 0 unspecified atom stereocenters. The molecule has 0 radical (unpaired) electrons. The number of likely N-dealkylation sites (tertiary alicyclic amines) is 1. The maximum atomic E-state index is 13.0. The molecule has 1 aromatic carbocycles. The predicted molar refractivity (Wildman–Crippen MR) is 105 cm³/mol. The van der Waals surface area contributed by atoms with Crippen LogP contribution in [0.2, 0.25) is 0 Å². The van der Waals surface area contributed by atoms with Gasteiger partial charge in [0.05, 0.1) is 5.41 Å². The van der Waals surface area contributed by atoms with E-state index in [0.29, 0.717) is 37.1 Å². The van der Waals surface area contributed by atoms with Crippen LogP contribution in [0.4, 0.5) is 5.82 Å². The van der Waals surface area contributed by atoms with Gasteiger partial charge in [-0.3, -0.25) is 4.79 Å². The number of amides is 1. The van der Waals surface area contributed by atoms with Gasteiger partial charge < -0.3 is 15.2 Å². The van der Waals surface area contributed by atoms with Crippen molar-refractivity contribution in [2.75, 3.05) is 18.8 Å². The summed E-state index contributed by atoms with van der Waals surface area (Å²) in [5.41, 5.74) is 6.93. The fourth-order valence-electron chi connectivity index (χ4n) is 4.76. The molecule has 1 aliphatic carbocycles. The summed E-state index contributed by atoms with van der Waals surface area (Å²) < 4.78 is 5.73. The van der Waals surface area contributed by atoms with E-state index in [1.807, 2.05) is 35.2 Å². The smallest absolute Gasteiger partial charge is 0.276 e. The summed E-state index contributed by atoms with van der Waals surface area (Å²) >= 11 is 0. The number of benzene rings is 1. The van der Waals surface area contributed by atoms with Gasteiger partial charge in [-0.25, -0.2) is 9.97 Å². The van der Waals surface area contributed by atoms with Crippen LogP contribution < -0.4 is 5.73 Å². The number of rotatable bonds is 4. The van der Waals surface area contributed by atoms with E-state index in [-0.39, 0.29) is 22.8 Å². The Balaban J connectivity index is 1.40. The van der Waals surface area contributed by atoms with E-state index in [1.165, 1.54) is 12.4 Å². The number of aromatic nitrogens is 4. The third-order valence-corrected chi connectivity index (χ3v) is 6.19. The highest BCUT2D eigenvalue weighted by atomic mass is 16.5. The summed E-state index contributed by atoms with van der Waals surface area (Å²) in [7, 11) is 0. The van der Waals surface area contributed by atoms with Crippen molar-refractivity contribution in [2.45, 2.75) is 31.1 Å². The van der Waals surface area contributed by atoms with Crippen LogP contribution in [0.15, 0.2) is 47.2 Å². The molecular weight excluding hydrogens is 368 g/mol. The minimum absolute atomic E-state index is 0.159. The maximum Gasteiger partial charge on any atom is 0.276 e. The largest absolute Gasteiger partial charge is 0.382 e. The van der Waals surface area contributed by atoms with Crippen molar-refractivity contribution in [3.8, 4) is 0 Å². The van der Waals surface area contributed by atoms with Crippen molar-refractivity contribution in [3.63, 3.8) is 0 Å². The Bertz CT molecular complexity index is 1040. The second-order valence-electron chi connectivity index (χ2n) is 7.90. The molecule has 0 bridgehead atoms. The van der Waals surface area contributed by atoms with Crippen molar-refractivity contribution < 1.29 is 9.32 Å². The summed E-state index contributed by atoms with van der Waals surface area (Å²) in [6, 6.07) is 10.1. The van der Waals surface area contributed by atoms with Gasteiger partial charge in [0.2, 0.25) is 5.89 Å². The molecule has 2 aliphatic rings. The van der Waals surface area contributed by atoms with Crippen LogP contribution in [-0.2, 0) is 11.8 Å². The highest BCUT2D eigenvalue weighted by Crippen LogP contribution is 2.50. The maximum absolute atomic E-state index is 13.0. The van der Waals surface area contributed by atoms with Crippen LogP contribution in [0, 0.1) is 5.92 Å². The molecule has 3 heterocycles. The minimum Gasteiger partial charge on any atom is -0.382 e. The third-order valence-electron chi connectivity index (χ3n) is 6.19. The SMILES string of the molecule is Nc1nccnc1C(=O)N1C[C@H]2CCC[C@@]2(c2nc(Cc3ccccc3)no2)C1. The van der Waals surface area contributed by atoms with Gasteiger partial charge in [-0.05, 0) is 24.3 Å². The van der Waals surface area contributed by atoms with Gasteiger partial charge in [0.1, 0.15) is 0 Å². The lowest BCUT2D eigenvalue weighted by Crippen LogP contribution is -2.35. The molecule has 1 saturated heterocycles. The van der Waals surface area contributed by atoms with E-state index in [2.05, 4.69) is 15.1 Å². The first-order valence-corrected chi connectivity index (χ1v) is 9.88. The summed E-state index contributed by atoms with van der Waals surface area (Å²) in [4.78, 5) is 27.7. The van der Waals surface area contributed by atoms with Gasteiger partial charge in [0.15, 0.2) is 17.3 Å². The van der Waals surface area contributed by atoms with Crippen LogP contribution in [0.1, 0.15) is 47.0 Å². The Morgan fingerprint density at radius 1 is 1.24 bits per heavy atom. The zero-order valence-electron chi connectivity index (χ0n) is 16.0. The third kappa shape index (κ3) is 3.04. The molecule has 8 heteroatoms. The Hall–Kier alpha value is -3.29. The number of nitrogens with zero attached hydrogens (tertiary/aromatic N) is 5. The van der Waals surface area contributed by atoms with Crippen molar-refractivity contribution in [2.24, 2.45) is 5.92 Å². The molecular formula is C21H22N6O2. The van der Waals surface area contributed by atoms with E-state index in [4.69, 9.17) is 15.2 Å². The lowest BCUT2D eigenvalue weighted by Gasteiger charge is -2.24. The first kappa shape index (κ1) is 17.8. The number of nitrogen functional groups attached to an aromatic ring is 1. The van der Waals surface area contributed by atoms with Crippen molar-refractivity contribution >= 4 is 11.7 Å². The summed E-state index contributed by atoms with van der Waals surface area (Å²) in [5, 5.41) is 4.22. The zero-order chi connectivity index (χ0) is 19.8. The summed E-state index contributed by atoms with van der Waals surface area (Å²) in [5.74, 6) is 1.59. The van der Waals surface area contributed by atoms with E-state index in [1.54, 1.807) is 0 Å². The fourth-order valence-corrected chi connectivity index (χ4v) is 4.76. The molecule has 5 rings (SSSR count). The topological polar surface area (TPSA) is 111 Å². The first-order chi connectivity index (χ1) is 14.2. The molecule has 2 aromatic heterocycles. The fraction of sp³-hybridized carbons (Fsp3) is 0.381. The molecule has 3 aromatic rings.